The zero-order chi connectivity index (χ0) is 31.6. The van der Waals surface area contributed by atoms with Crippen molar-refractivity contribution in [3.8, 4) is 0 Å². The molecule has 2 aromatic heterocycles. The number of thioether (sulfide) groups is 1. The number of halogens is 1. The Balaban J connectivity index is 1.52. The van der Waals surface area contributed by atoms with Crippen LogP contribution < -0.4 is 5.32 Å². The Morgan fingerprint density at radius 2 is 2.19 bits per heavy atom. The van der Waals surface area contributed by atoms with E-state index in [1.807, 2.05) is 6.92 Å². The minimum Gasteiger partial charge on any atom is -0.394 e. The van der Waals surface area contributed by atoms with Gasteiger partial charge in [0.05, 0.1) is 32.2 Å². The predicted octanol–water partition coefficient (Wildman–Crippen LogP) is 2.18. The molecule has 194 valence electrons. The third-order valence-corrected chi connectivity index (χ3v) is 7.15. The van der Waals surface area contributed by atoms with E-state index in [0.29, 0.717) is 5.75 Å². The first-order valence-electron chi connectivity index (χ1n) is 15.1. The Morgan fingerprint density at radius 3 is 2.97 bits per heavy atom. The maximum Gasteiger partial charge on any atom is 0.191 e. The van der Waals surface area contributed by atoms with E-state index in [1.165, 1.54) is 23.4 Å². The lowest BCUT2D eigenvalue weighted by molar-refractivity contribution is -0.0629. The van der Waals surface area contributed by atoms with Gasteiger partial charge in [-0.05, 0) is 36.9 Å². The summed E-state index contributed by atoms with van der Waals surface area (Å²) in [5.41, 5.74) is -0.154. The van der Waals surface area contributed by atoms with Crippen LogP contribution in [0.3, 0.4) is 0 Å². The molecule has 2 heterocycles. The van der Waals surface area contributed by atoms with Gasteiger partial charge in [-0.25, -0.2) is 19.0 Å². The molecule has 2 aliphatic carbocycles. The quantitative estimate of drug-likeness (QED) is 0.230. The number of ether oxygens (including phenoxy) is 1. The van der Waals surface area contributed by atoms with Crippen molar-refractivity contribution >= 4 is 28.7 Å². The van der Waals surface area contributed by atoms with Crippen LogP contribution in [0.4, 0.5) is 10.2 Å². The number of rotatable bonds is 10. The fraction of sp³-hybridized carbons (Fsp3) is 0.583. The van der Waals surface area contributed by atoms with E-state index in [2.05, 4.69) is 25.6 Å². The standard InChI is InChI=1S/C24H31FN6O4S/c1-3-8-36-24-27-22(26-16-10-14(16)13-5-4-12(2)15(25)9-13)19-23(28-24)31(30-29-19)17-11-18(35-7-6-32)21(34)20(17)33/h4-5,9,14,16-18,20-21,32-34H,3,6-8,10-11H2,1-2H3,(H,26,27,28)/t14-,16+,17+,18-,20-,21+/m0/s1/i4D,5D,7D2,9D,10D2. The van der Waals surface area contributed by atoms with Crippen LogP contribution in [-0.4, -0.2) is 83.6 Å². The highest BCUT2D eigenvalue weighted by molar-refractivity contribution is 7.99. The molecular formula is C24H31FN6O4S. The van der Waals surface area contributed by atoms with Gasteiger partial charge >= 0.3 is 0 Å². The zero-order valence-corrected chi connectivity index (χ0v) is 20.4. The number of aromatic nitrogens is 5. The smallest absolute Gasteiger partial charge is 0.191 e. The summed E-state index contributed by atoms with van der Waals surface area (Å²) in [7, 11) is 0. The molecule has 0 bridgehead atoms. The van der Waals surface area contributed by atoms with Crippen LogP contribution in [0, 0.1) is 12.7 Å². The monoisotopic (exact) mass is 525 g/mol. The topological polar surface area (TPSA) is 138 Å². The molecule has 0 radical (unpaired) electrons. The summed E-state index contributed by atoms with van der Waals surface area (Å²) in [6, 6.07) is -3.48. The number of nitrogens with zero attached hydrogens (tertiary/aromatic N) is 5. The summed E-state index contributed by atoms with van der Waals surface area (Å²) in [5, 5.41) is 42.1. The van der Waals surface area contributed by atoms with Crippen LogP contribution in [-0.2, 0) is 4.74 Å². The Kier molecular flexibility index (Phi) is 5.26. The lowest BCUT2D eigenvalue weighted by atomic mass is 10.1. The molecule has 0 spiro atoms. The van der Waals surface area contributed by atoms with Crippen molar-refractivity contribution in [3.63, 3.8) is 0 Å². The number of benzene rings is 1. The average Bonchev–Trinajstić information content (AvgIpc) is 3.21. The molecule has 2 saturated carbocycles. The lowest BCUT2D eigenvalue weighted by Crippen LogP contribution is -2.33. The van der Waals surface area contributed by atoms with Crippen LogP contribution in [0.5, 0.6) is 0 Å². The summed E-state index contributed by atoms with van der Waals surface area (Å²) in [6.07, 6.45) is -5.48. The molecule has 36 heavy (non-hydrogen) atoms. The van der Waals surface area contributed by atoms with Crippen molar-refractivity contribution in [2.24, 2.45) is 0 Å². The summed E-state index contributed by atoms with van der Waals surface area (Å²) >= 11 is 1.30. The minimum absolute atomic E-state index is 0.0698. The lowest BCUT2D eigenvalue weighted by Gasteiger charge is -2.17. The maximum absolute atomic E-state index is 14.7. The second-order valence-corrected chi connectivity index (χ2v) is 9.71. The highest BCUT2D eigenvalue weighted by Gasteiger charge is 2.45. The van der Waals surface area contributed by atoms with Crippen molar-refractivity contribution in [2.75, 3.05) is 24.2 Å². The molecular weight excluding hydrogens is 487 g/mol. The fourth-order valence-corrected chi connectivity index (χ4v) is 4.83. The third-order valence-electron chi connectivity index (χ3n) is 6.10. The van der Waals surface area contributed by atoms with Gasteiger partial charge in [0.25, 0.3) is 0 Å². The molecule has 5 rings (SSSR count). The number of fused-ring (bicyclic) bond motifs is 1. The predicted molar refractivity (Wildman–Crippen MR) is 133 cm³/mol. The van der Waals surface area contributed by atoms with Crippen molar-refractivity contribution in [1.29, 1.82) is 0 Å². The minimum atomic E-state index is -2.45. The Labute approximate surface area is 222 Å². The van der Waals surface area contributed by atoms with E-state index < -0.39 is 79.8 Å². The SMILES string of the molecule is [2H]c1c([2H])c([C@H]2[C@H](Nc3nc(SCCC)nc4c3nnn4[C@@H]3C[C@H](OC([2H])([2H])CO)[C@@H](O)[C@H]3O)C2([2H])[2H])c([2H])c(F)c1C. The van der Waals surface area contributed by atoms with E-state index >= 15 is 0 Å². The van der Waals surface area contributed by atoms with Crippen LogP contribution in [0.15, 0.2) is 23.3 Å². The normalized spacial score (nSPS) is 32.2. The zero-order valence-electron chi connectivity index (χ0n) is 26.6. The largest absolute Gasteiger partial charge is 0.394 e. The van der Waals surface area contributed by atoms with Gasteiger partial charge < -0.3 is 25.4 Å². The van der Waals surface area contributed by atoms with Crippen LogP contribution in [0.1, 0.15) is 58.8 Å². The molecule has 0 unspecified atom stereocenters. The molecule has 0 saturated heterocycles. The maximum atomic E-state index is 14.7. The van der Waals surface area contributed by atoms with Crippen molar-refractivity contribution < 1.29 is 34.0 Å². The number of aliphatic hydroxyl groups is 3. The average molecular weight is 526 g/mol. The molecule has 0 aliphatic heterocycles. The molecule has 4 N–H and O–H groups in total. The molecule has 3 aromatic rings. The van der Waals surface area contributed by atoms with Crippen LogP contribution in [0.2, 0.25) is 0 Å². The molecule has 6 atom stereocenters. The van der Waals surface area contributed by atoms with Gasteiger partial charge in [-0.15, -0.1) is 5.10 Å². The molecule has 12 heteroatoms. The second-order valence-electron chi connectivity index (χ2n) is 8.65. The van der Waals surface area contributed by atoms with E-state index in [9.17, 15) is 19.7 Å². The Hall–Kier alpha value is -2.38. The number of nitrogens with one attached hydrogen (secondary N) is 1. The summed E-state index contributed by atoms with van der Waals surface area (Å²) in [5.74, 6) is -1.41. The van der Waals surface area contributed by atoms with Gasteiger partial charge in [-0.1, -0.05) is 36.0 Å². The highest BCUT2D eigenvalue weighted by Crippen LogP contribution is 2.44. The van der Waals surface area contributed by atoms with Gasteiger partial charge in [-0.2, -0.15) is 0 Å². The van der Waals surface area contributed by atoms with Crippen molar-refractivity contribution in [2.45, 2.75) is 74.5 Å². The van der Waals surface area contributed by atoms with Gasteiger partial charge in [0.15, 0.2) is 22.1 Å². The Morgan fingerprint density at radius 1 is 1.36 bits per heavy atom. The van der Waals surface area contributed by atoms with Crippen molar-refractivity contribution in [3.05, 3.63) is 35.1 Å². The molecule has 1 aromatic carbocycles. The highest BCUT2D eigenvalue weighted by atomic mass is 32.2. The van der Waals surface area contributed by atoms with Gasteiger partial charge in [0, 0.05) is 26.9 Å². The van der Waals surface area contributed by atoms with Crippen LogP contribution in [0.25, 0.3) is 11.2 Å². The van der Waals surface area contributed by atoms with Crippen LogP contribution >= 0.6 is 11.8 Å². The summed E-state index contributed by atoms with van der Waals surface area (Å²) in [6.45, 7) is -0.157. The first-order valence-corrected chi connectivity index (χ1v) is 12.6. The number of hydrogen-bond donors (Lipinski definition) is 4. The number of aliphatic hydroxyl groups excluding tert-OH is 3. The van der Waals surface area contributed by atoms with E-state index in [1.54, 1.807) is 0 Å². The third kappa shape index (κ3) is 4.92. The molecule has 0 amide bonds. The summed E-state index contributed by atoms with van der Waals surface area (Å²) in [4.78, 5) is 9.02. The van der Waals surface area contributed by atoms with Gasteiger partial charge in [0.2, 0.25) is 0 Å². The molecule has 2 aliphatic rings. The van der Waals surface area contributed by atoms with Crippen molar-refractivity contribution in [1.82, 2.24) is 25.0 Å². The van der Waals surface area contributed by atoms with E-state index in [0.717, 1.165) is 6.42 Å². The molecule has 10 nitrogen and oxygen atoms in total. The van der Waals surface area contributed by atoms with Gasteiger partial charge in [-0.3, -0.25) is 0 Å². The Bertz CT molecular complexity index is 1520. The first kappa shape index (κ1) is 18.0. The van der Waals surface area contributed by atoms with E-state index in [-0.39, 0.29) is 39.7 Å². The second kappa shape index (κ2) is 10.5. The van der Waals surface area contributed by atoms with Gasteiger partial charge in [0.1, 0.15) is 18.0 Å². The molecule has 2 fully saturated rings. The number of hydrogen-bond acceptors (Lipinski definition) is 10. The number of anilines is 1. The fourth-order valence-electron chi connectivity index (χ4n) is 4.14. The van der Waals surface area contributed by atoms with E-state index in [4.69, 9.17) is 14.3 Å². The summed E-state index contributed by atoms with van der Waals surface area (Å²) < 4.78 is 78.3. The first-order chi connectivity index (χ1) is 20.1.